The van der Waals surface area contributed by atoms with Crippen LogP contribution in [0.5, 0.6) is 0 Å². The number of rotatable bonds is 7. The summed E-state index contributed by atoms with van der Waals surface area (Å²) in [6.45, 7) is 7.79. The predicted molar refractivity (Wildman–Crippen MR) is 122 cm³/mol. The van der Waals surface area contributed by atoms with E-state index in [1.807, 2.05) is 53.3 Å². The van der Waals surface area contributed by atoms with Gasteiger partial charge in [0, 0.05) is 28.9 Å². The zero-order valence-electron chi connectivity index (χ0n) is 17.9. The van der Waals surface area contributed by atoms with Crippen molar-refractivity contribution in [2.45, 2.75) is 45.7 Å². The second-order valence-electron chi connectivity index (χ2n) is 8.67. The number of benzene rings is 1. The maximum absolute atomic E-state index is 13.6. The molecule has 3 aromatic rings. The van der Waals surface area contributed by atoms with E-state index < -0.39 is 5.54 Å². The number of carbonyl (C=O) groups excluding carboxylic acids is 2. The van der Waals surface area contributed by atoms with Gasteiger partial charge in [0.2, 0.25) is 5.91 Å². The van der Waals surface area contributed by atoms with E-state index in [4.69, 9.17) is 0 Å². The summed E-state index contributed by atoms with van der Waals surface area (Å²) in [6, 6.07) is 14.0. The largest absolute Gasteiger partial charge is 0.354 e. The first kappa shape index (κ1) is 20.7. The van der Waals surface area contributed by atoms with Gasteiger partial charge in [0.15, 0.2) is 0 Å². The Morgan fingerprint density at radius 3 is 2.77 bits per heavy atom. The average molecular weight is 424 g/mol. The van der Waals surface area contributed by atoms with Crippen LogP contribution in [0.4, 0.5) is 0 Å². The second-order valence-corrected chi connectivity index (χ2v) is 9.71. The van der Waals surface area contributed by atoms with Gasteiger partial charge in [0.05, 0.1) is 6.54 Å². The first-order chi connectivity index (χ1) is 14.4. The molecule has 2 amide bonds. The first-order valence-electron chi connectivity index (χ1n) is 10.6. The number of carbonyl (C=O) groups is 2. The topological polar surface area (TPSA) is 54.3 Å². The fraction of sp³-hybridized carbons (Fsp3) is 0.417. The zero-order valence-corrected chi connectivity index (χ0v) is 18.7. The second kappa shape index (κ2) is 8.26. The Balaban J connectivity index is 1.68. The molecule has 0 saturated heterocycles. The SMILES string of the molecule is CC(C)CCNC(=O)C1(C)Cn2c(cc3ccccc32)C(=O)N1CCc1cccs1. The minimum Gasteiger partial charge on any atom is -0.354 e. The van der Waals surface area contributed by atoms with Gasteiger partial charge in [-0.05, 0) is 49.3 Å². The van der Waals surface area contributed by atoms with Crippen LogP contribution in [0.1, 0.15) is 42.6 Å². The van der Waals surface area contributed by atoms with Crippen LogP contribution in [-0.4, -0.2) is 39.9 Å². The lowest BCUT2D eigenvalue weighted by atomic mass is 9.94. The van der Waals surface area contributed by atoms with E-state index >= 15 is 0 Å². The first-order valence-corrected chi connectivity index (χ1v) is 11.5. The molecule has 6 heteroatoms. The summed E-state index contributed by atoms with van der Waals surface area (Å²) in [4.78, 5) is 29.9. The van der Waals surface area contributed by atoms with Crippen molar-refractivity contribution in [1.29, 1.82) is 0 Å². The third kappa shape index (κ3) is 3.76. The summed E-state index contributed by atoms with van der Waals surface area (Å²) >= 11 is 1.68. The third-order valence-corrected chi connectivity index (χ3v) is 6.93. The summed E-state index contributed by atoms with van der Waals surface area (Å²) in [5.41, 5.74) is 0.731. The number of nitrogens with zero attached hydrogens (tertiary/aromatic N) is 2. The highest BCUT2D eigenvalue weighted by Crippen LogP contribution is 2.32. The molecule has 3 heterocycles. The Morgan fingerprint density at radius 1 is 1.23 bits per heavy atom. The molecular formula is C24H29N3O2S. The smallest absolute Gasteiger partial charge is 0.271 e. The molecule has 1 aliphatic rings. The number of para-hydroxylation sites is 1. The number of aromatic nitrogens is 1. The number of hydrogen-bond donors (Lipinski definition) is 1. The molecule has 5 nitrogen and oxygen atoms in total. The van der Waals surface area contributed by atoms with Crippen molar-refractivity contribution in [3.8, 4) is 0 Å². The Hall–Kier alpha value is -2.60. The van der Waals surface area contributed by atoms with Crippen LogP contribution in [0, 0.1) is 5.92 Å². The molecule has 0 spiro atoms. The fourth-order valence-electron chi connectivity index (χ4n) is 4.20. The van der Waals surface area contributed by atoms with Crippen molar-refractivity contribution < 1.29 is 9.59 Å². The molecule has 30 heavy (non-hydrogen) atoms. The van der Waals surface area contributed by atoms with Gasteiger partial charge in [-0.15, -0.1) is 11.3 Å². The van der Waals surface area contributed by atoms with Crippen LogP contribution in [0.15, 0.2) is 47.8 Å². The predicted octanol–water partition coefficient (Wildman–Crippen LogP) is 4.32. The van der Waals surface area contributed by atoms with Gasteiger partial charge in [-0.3, -0.25) is 9.59 Å². The van der Waals surface area contributed by atoms with Crippen LogP contribution >= 0.6 is 11.3 Å². The van der Waals surface area contributed by atoms with Gasteiger partial charge in [0.25, 0.3) is 5.91 Å². The molecule has 0 aliphatic carbocycles. The number of nitrogens with one attached hydrogen (secondary N) is 1. The molecule has 158 valence electrons. The van der Waals surface area contributed by atoms with Gasteiger partial charge >= 0.3 is 0 Å². The van der Waals surface area contributed by atoms with E-state index in [-0.39, 0.29) is 11.8 Å². The lowest BCUT2D eigenvalue weighted by Crippen LogP contribution is -2.64. The van der Waals surface area contributed by atoms with Crippen LogP contribution in [-0.2, 0) is 17.8 Å². The molecule has 0 radical (unpaired) electrons. The molecule has 1 unspecified atom stereocenters. The summed E-state index contributed by atoms with van der Waals surface area (Å²) in [6.07, 6.45) is 1.67. The van der Waals surface area contributed by atoms with Crippen LogP contribution in [0.25, 0.3) is 10.9 Å². The molecule has 1 N–H and O–H groups in total. The zero-order chi connectivity index (χ0) is 21.3. The van der Waals surface area contributed by atoms with E-state index in [1.54, 1.807) is 16.2 Å². The fourth-order valence-corrected chi connectivity index (χ4v) is 4.90. The Morgan fingerprint density at radius 2 is 2.03 bits per heavy atom. The van der Waals surface area contributed by atoms with Crippen LogP contribution in [0.3, 0.4) is 0 Å². The van der Waals surface area contributed by atoms with Gasteiger partial charge in [-0.25, -0.2) is 0 Å². The average Bonchev–Trinajstić information content (AvgIpc) is 3.35. The van der Waals surface area contributed by atoms with E-state index in [2.05, 4.69) is 25.2 Å². The standard InChI is InChI=1S/C24H29N3O2S/c1-17(2)10-12-25-23(29)24(3)16-26-20-9-5-4-7-18(20)15-21(26)22(28)27(24)13-11-19-8-6-14-30-19/h4-9,14-15,17H,10-13,16H2,1-3H3,(H,25,29). The molecule has 1 atom stereocenters. The normalized spacial score (nSPS) is 18.8. The van der Waals surface area contributed by atoms with E-state index in [0.29, 0.717) is 31.2 Å². The van der Waals surface area contributed by atoms with Crippen molar-refractivity contribution in [2.24, 2.45) is 5.92 Å². The maximum Gasteiger partial charge on any atom is 0.271 e. The molecule has 1 aliphatic heterocycles. The maximum atomic E-state index is 13.6. The van der Waals surface area contributed by atoms with E-state index in [9.17, 15) is 9.59 Å². The van der Waals surface area contributed by atoms with Crippen molar-refractivity contribution >= 4 is 34.1 Å². The third-order valence-electron chi connectivity index (χ3n) is 5.99. The lowest BCUT2D eigenvalue weighted by molar-refractivity contribution is -0.132. The number of fused-ring (bicyclic) bond motifs is 3. The molecular weight excluding hydrogens is 394 g/mol. The van der Waals surface area contributed by atoms with Gasteiger partial charge in [-0.2, -0.15) is 0 Å². The van der Waals surface area contributed by atoms with Gasteiger partial charge in [0.1, 0.15) is 11.2 Å². The van der Waals surface area contributed by atoms with Gasteiger partial charge in [-0.1, -0.05) is 38.1 Å². The Labute approximate surface area is 181 Å². The molecule has 2 aromatic heterocycles. The summed E-state index contributed by atoms with van der Waals surface area (Å²) in [7, 11) is 0. The molecule has 0 fully saturated rings. The summed E-state index contributed by atoms with van der Waals surface area (Å²) in [5.74, 6) is 0.364. The van der Waals surface area contributed by atoms with Crippen LogP contribution in [0.2, 0.25) is 0 Å². The van der Waals surface area contributed by atoms with Crippen molar-refractivity contribution in [2.75, 3.05) is 13.1 Å². The van der Waals surface area contributed by atoms with E-state index in [1.165, 1.54) is 4.88 Å². The van der Waals surface area contributed by atoms with Crippen molar-refractivity contribution in [3.63, 3.8) is 0 Å². The number of amides is 2. The minimum atomic E-state index is -0.930. The lowest BCUT2D eigenvalue weighted by Gasteiger charge is -2.44. The van der Waals surface area contributed by atoms with Crippen molar-refractivity contribution in [1.82, 2.24) is 14.8 Å². The molecule has 0 saturated carbocycles. The van der Waals surface area contributed by atoms with Crippen LogP contribution < -0.4 is 5.32 Å². The van der Waals surface area contributed by atoms with E-state index in [0.717, 1.165) is 23.7 Å². The van der Waals surface area contributed by atoms with Gasteiger partial charge < -0.3 is 14.8 Å². The summed E-state index contributed by atoms with van der Waals surface area (Å²) < 4.78 is 2.02. The number of thiophene rings is 1. The Bertz CT molecular complexity index is 1050. The molecule has 1 aromatic carbocycles. The molecule has 4 rings (SSSR count). The quantitative estimate of drug-likeness (QED) is 0.615. The summed E-state index contributed by atoms with van der Waals surface area (Å²) in [5, 5.41) is 6.17. The van der Waals surface area contributed by atoms with Crippen molar-refractivity contribution in [3.05, 3.63) is 58.4 Å². The highest BCUT2D eigenvalue weighted by Gasteiger charge is 2.47. The monoisotopic (exact) mass is 423 g/mol. The minimum absolute atomic E-state index is 0.0736. The molecule has 0 bridgehead atoms. The number of hydrogen-bond acceptors (Lipinski definition) is 3. The highest BCUT2D eigenvalue weighted by molar-refractivity contribution is 7.09. The Kier molecular flexibility index (Phi) is 5.69. The highest BCUT2D eigenvalue weighted by atomic mass is 32.1.